The van der Waals surface area contributed by atoms with Gasteiger partial charge in [0.2, 0.25) is 11.2 Å². The van der Waals surface area contributed by atoms with Gasteiger partial charge in [0.15, 0.2) is 5.65 Å². The Morgan fingerprint density at radius 3 is 2.63 bits per heavy atom. The van der Waals surface area contributed by atoms with E-state index in [-0.39, 0.29) is 17.5 Å². The summed E-state index contributed by atoms with van der Waals surface area (Å²) in [6.45, 7) is 5.83. The van der Waals surface area contributed by atoms with Gasteiger partial charge in [0, 0.05) is 32.0 Å². The van der Waals surface area contributed by atoms with Crippen molar-refractivity contribution in [2.45, 2.75) is 19.9 Å². The number of hydrogen-bond donors (Lipinski definition) is 3. The van der Waals surface area contributed by atoms with Crippen LogP contribution in [0, 0.1) is 12.7 Å². The Labute approximate surface area is 264 Å². The van der Waals surface area contributed by atoms with Crippen molar-refractivity contribution in [1.82, 2.24) is 39.5 Å². The van der Waals surface area contributed by atoms with Gasteiger partial charge in [-0.3, -0.25) is 33.7 Å². The number of halogens is 1. The average Bonchev–Trinajstić information content (AvgIpc) is 3.29. The monoisotopic (exact) mass is 643 g/mol. The summed E-state index contributed by atoms with van der Waals surface area (Å²) in [6.07, 6.45) is 5.05. The van der Waals surface area contributed by atoms with Crippen LogP contribution in [-0.2, 0) is 6.54 Å². The molecule has 6 heterocycles. The molecule has 13 nitrogen and oxygen atoms in total. The van der Waals surface area contributed by atoms with E-state index in [9.17, 15) is 23.6 Å². The Balaban J connectivity index is 0.000000358. The largest absolute Gasteiger partial charge is 0.355 e. The van der Waals surface area contributed by atoms with E-state index >= 15 is 0 Å². The fraction of sp³-hybridized carbons (Fsp3) is 0.258. The Morgan fingerprint density at radius 2 is 1.87 bits per heavy atom. The van der Waals surface area contributed by atoms with Gasteiger partial charge in [-0.2, -0.15) is 4.39 Å². The van der Waals surface area contributed by atoms with E-state index in [4.69, 9.17) is 4.98 Å². The van der Waals surface area contributed by atoms with Crippen molar-refractivity contribution in [3.63, 3.8) is 0 Å². The molecule has 6 aromatic rings. The van der Waals surface area contributed by atoms with Crippen LogP contribution in [0.5, 0.6) is 0 Å². The molecule has 1 saturated heterocycles. The highest BCUT2D eigenvalue weighted by Crippen LogP contribution is 2.31. The molecule has 3 N–H and O–H groups in total. The number of amides is 1. The minimum atomic E-state index is -1.00. The molecule has 0 atom stereocenters. The van der Waals surface area contributed by atoms with Crippen LogP contribution in [-0.4, -0.2) is 73.4 Å². The third-order valence-corrected chi connectivity index (χ3v) is 8.73. The molecule has 5 aromatic heterocycles. The third kappa shape index (κ3) is 6.27. The topological polar surface area (TPSA) is 161 Å². The normalized spacial score (nSPS) is 13.8. The maximum atomic E-state index is 13.7. The van der Waals surface area contributed by atoms with Crippen LogP contribution in [0.3, 0.4) is 0 Å². The maximum absolute atomic E-state index is 13.7. The van der Waals surface area contributed by atoms with Gasteiger partial charge in [-0.25, -0.2) is 9.78 Å². The molecule has 236 valence electrons. The Bertz CT molecular complexity index is 2240. The molecule has 0 radical (unpaired) electrons. The van der Waals surface area contributed by atoms with Gasteiger partial charge in [0.25, 0.3) is 11.5 Å². The molecule has 46 heavy (non-hydrogen) atoms. The van der Waals surface area contributed by atoms with Crippen LogP contribution in [0.15, 0.2) is 69.4 Å². The molecule has 1 amide bonds. The zero-order chi connectivity index (χ0) is 32.4. The number of aromatic amines is 2. The van der Waals surface area contributed by atoms with Gasteiger partial charge in [0.1, 0.15) is 16.2 Å². The minimum absolute atomic E-state index is 0.125. The lowest BCUT2D eigenvalue weighted by molar-refractivity contribution is 0.0951. The van der Waals surface area contributed by atoms with Crippen molar-refractivity contribution in [3.8, 4) is 0 Å². The SMILES string of the molecule is Cc1cnc(CNC(=O)c2c(=O)c3ccc(N4CCCN(C)CC4)nc3n3c2sc2ccccc23)cn1.O=c1[nH]cc(F)c(=O)[nH]1. The number of rotatable bonds is 4. The Hall–Kier alpha value is -5.28. The van der Waals surface area contributed by atoms with Crippen LogP contribution in [0.2, 0.25) is 0 Å². The summed E-state index contributed by atoms with van der Waals surface area (Å²) in [7, 11) is 2.13. The van der Waals surface area contributed by atoms with Crippen LogP contribution in [0.25, 0.3) is 26.1 Å². The van der Waals surface area contributed by atoms with Gasteiger partial charge in [-0.1, -0.05) is 12.1 Å². The molecule has 1 aliphatic heterocycles. The van der Waals surface area contributed by atoms with Gasteiger partial charge in [-0.15, -0.1) is 11.3 Å². The number of pyridine rings is 2. The number of para-hydroxylation sites is 1. The lowest BCUT2D eigenvalue weighted by Gasteiger charge is -2.22. The molecule has 1 aromatic carbocycles. The van der Waals surface area contributed by atoms with Crippen LogP contribution in [0.1, 0.15) is 28.2 Å². The number of carbonyl (C=O) groups is 1. The molecule has 0 saturated carbocycles. The van der Waals surface area contributed by atoms with Crippen molar-refractivity contribution in [2.75, 3.05) is 38.1 Å². The Kier molecular flexibility index (Phi) is 8.68. The predicted molar refractivity (Wildman–Crippen MR) is 174 cm³/mol. The highest BCUT2D eigenvalue weighted by atomic mass is 32.1. The molecule has 7 rings (SSSR count). The van der Waals surface area contributed by atoms with E-state index in [1.165, 1.54) is 11.3 Å². The molecular formula is C31H30FN9O4S. The zero-order valence-corrected chi connectivity index (χ0v) is 25.9. The molecule has 0 aliphatic carbocycles. The summed E-state index contributed by atoms with van der Waals surface area (Å²) in [6, 6.07) is 11.6. The predicted octanol–water partition coefficient (Wildman–Crippen LogP) is 2.44. The first-order chi connectivity index (χ1) is 22.2. The lowest BCUT2D eigenvalue weighted by Crippen LogP contribution is -2.31. The molecule has 0 bridgehead atoms. The average molecular weight is 644 g/mol. The Morgan fingerprint density at radius 1 is 1.04 bits per heavy atom. The number of benzene rings is 1. The fourth-order valence-corrected chi connectivity index (χ4v) is 6.38. The number of anilines is 1. The molecule has 0 spiro atoms. The van der Waals surface area contributed by atoms with E-state index in [2.05, 4.69) is 32.1 Å². The van der Waals surface area contributed by atoms with E-state index < -0.39 is 23.0 Å². The number of nitrogens with one attached hydrogen (secondary N) is 3. The van der Waals surface area contributed by atoms with Crippen LogP contribution >= 0.6 is 11.3 Å². The first kappa shape index (κ1) is 30.7. The molecule has 15 heteroatoms. The zero-order valence-electron chi connectivity index (χ0n) is 25.0. The number of hydrogen-bond acceptors (Lipinski definition) is 10. The second-order valence-electron chi connectivity index (χ2n) is 10.9. The molecule has 1 aliphatic rings. The highest BCUT2D eigenvalue weighted by molar-refractivity contribution is 7.24. The summed E-state index contributed by atoms with van der Waals surface area (Å²) in [5.74, 6) is -0.575. The van der Waals surface area contributed by atoms with E-state index in [1.807, 2.05) is 52.7 Å². The third-order valence-electron chi connectivity index (χ3n) is 7.58. The fourth-order valence-electron chi connectivity index (χ4n) is 5.19. The van der Waals surface area contributed by atoms with E-state index in [0.29, 0.717) is 27.8 Å². The quantitative estimate of drug-likeness (QED) is 0.262. The number of carbonyl (C=O) groups excluding carboxylic acids is 1. The van der Waals surface area contributed by atoms with Crippen LogP contribution < -0.4 is 26.9 Å². The number of H-pyrrole nitrogens is 2. The molecule has 0 unspecified atom stereocenters. The summed E-state index contributed by atoms with van der Waals surface area (Å²) in [4.78, 5) is 69.9. The van der Waals surface area contributed by atoms with E-state index in [1.54, 1.807) is 17.4 Å². The summed E-state index contributed by atoms with van der Waals surface area (Å²) in [5, 5.41) is 3.30. The van der Waals surface area contributed by atoms with Gasteiger partial charge >= 0.3 is 5.69 Å². The first-order valence-electron chi connectivity index (χ1n) is 14.5. The number of aryl methyl sites for hydroxylation is 1. The first-order valence-corrected chi connectivity index (χ1v) is 15.3. The van der Waals surface area contributed by atoms with Crippen molar-refractivity contribution in [3.05, 3.63) is 109 Å². The van der Waals surface area contributed by atoms with Crippen molar-refractivity contribution in [2.24, 2.45) is 0 Å². The van der Waals surface area contributed by atoms with E-state index in [0.717, 1.165) is 54.3 Å². The summed E-state index contributed by atoms with van der Waals surface area (Å²) >= 11 is 1.43. The van der Waals surface area contributed by atoms with Crippen LogP contribution in [0.4, 0.5) is 10.2 Å². The van der Waals surface area contributed by atoms with Crippen molar-refractivity contribution >= 4 is 49.1 Å². The number of thiazole rings is 1. The lowest BCUT2D eigenvalue weighted by atomic mass is 10.1. The standard InChI is InChI=1S/C27H27N7O2S.C4H3FN2O2/c1-17-14-29-18(15-28-17)16-30-26(36)23-24(35)19-8-9-22(33-11-5-10-32(2)12-13-33)31-25(19)34-20-6-3-4-7-21(20)37-27(23)34;5-2-1-6-4(9)7-3(2)8/h3-4,6-9,14-15H,5,10-13,16H2,1-2H3,(H,30,36);1H,(H2,6,7,8,9). The minimum Gasteiger partial charge on any atom is -0.355 e. The molecule has 1 fully saturated rings. The second kappa shape index (κ2) is 13.0. The van der Waals surface area contributed by atoms with Gasteiger partial charge < -0.3 is 20.1 Å². The smallest absolute Gasteiger partial charge is 0.325 e. The van der Waals surface area contributed by atoms with Crippen molar-refractivity contribution in [1.29, 1.82) is 0 Å². The number of nitrogens with zero attached hydrogens (tertiary/aromatic N) is 6. The van der Waals surface area contributed by atoms with Gasteiger partial charge in [-0.05, 0) is 51.2 Å². The van der Waals surface area contributed by atoms with Gasteiger partial charge in [0.05, 0.1) is 39.7 Å². The summed E-state index contributed by atoms with van der Waals surface area (Å²) in [5.41, 5.74) is 1.03. The highest BCUT2D eigenvalue weighted by Gasteiger charge is 2.24. The summed E-state index contributed by atoms with van der Waals surface area (Å²) < 4.78 is 14.9. The number of likely N-dealkylation sites (N-methyl/N-ethyl adjacent to an activating group) is 1. The maximum Gasteiger partial charge on any atom is 0.325 e. The van der Waals surface area contributed by atoms with Crippen molar-refractivity contribution < 1.29 is 9.18 Å². The molecular weight excluding hydrogens is 613 g/mol. The number of fused-ring (bicyclic) bond motifs is 5. The second-order valence-corrected chi connectivity index (χ2v) is 11.9. The number of aromatic nitrogens is 6.